The number of hydrogen-bond acceptors (Lipinski definition) is 4. The number of amides is 1. The summed E-state index contributed by atoms with van der Waals surface area (Å²) in [4.78, 5) is 12.6. The van der Waals surface area contributed by atoms with Crippen molar-refractivity contribution < 1.29 is 17.9 Å². The van der Waals surface area contributed by atoms with E-state index in [-0.39, 0.29) is 16.8 Å². The van der Waals surface area contributed by atoms with Crippen LogP contribution >= 0.6 is 0 Å². The maximum absolute atomic E-state index is 12.6. The Morgan fingerprint density at radius 1 is 1.19 bits per heavy atom. The molecule has 1 N–H and O–H groups in total. The smallest absolute Gasteiger partial charge is 0.255 e. The van der Waals surface area contributed by atoms with E-state index in [2.05, 4.69) is 5.32 Å². The van der Waals surface area contributed by atoms with Crippen LogP contribution < -0.4 is 10.1 Å². The number of benzene rings is 2. The molecule has 0 aliphatic carbocycles. The fourth-order valence-electron chi connectivity index (χ4n) is 2.71. The molecule has 138 valence electrons. The first-order chi connectivity index (χ1) is 12.3. The van der Waals surface area contributed by atoms with Gasteiger partial charge in [-0.05, 0) is 55.8 Å². The van der Waals surface area contributed by atoms with E-state index in [0.717, 1.165) is 17.7 Å². The molecule has 2 aromatic rings. The van der Waals surface area contributed by atoms with Crippen LogP contribution in [0.4, 0.5) is 5.69 Å². The van der Waals surface area contributed by atoms with Gasteiger partial charge in [-0.25, -0.2) is 8.42 Å². The molecule has 1 aliphatic rings. The van der Waals surface area contributed by atoms with E-state index >= 15 is 0 Å². The van der Waals surface area contributed by atoms with Crippen molar-refractivity contribution in [3.63, 3.8) is 0 Å². The van der Waals surface area contributed by atoms with E-state index in [1.54, 1.807) is 32.0 Å². The second-order valence-electron chi connectivity index (χ2n) is 6.52. The van der Waals surface area contributed by atoms with E-state index in [1.807, 2.05) is 12.1 Å². The van der Waals surface area contributed by atoms with Crippen LogP contribution in [0, 0.1) is 0 Å². The third kappa shape index (κ3) is 3.59. The van der Waals surface area contributed by atoms with Crippen molar-refractivity contribution in [2.45, 2.75) is 31.2 Å². The van der Waals surface area contributed by atoms with Gasteiger partial charge in [-0.2, -0.15) is 4.31 Å². The molecule has 1 heterocycles. The number of rotatable bonds is 5. The largest absolute Gasteiger partial charge is 0.493 e. The Morgan fingerprint density at radius 2 is 1.96 bits per heavy atom. The van der Waals surface area contributed by atoms with Crippen LogP contribution in [0.15, 0.2) is 47.4 Å². The van der Waals surface area contributed by atoms with Gasteiger partial charge in [-0.1, -0.05) is 6.07 Å². The lowest BCUT2D eigenvalue weighted by Gasteiger charge is -2.21. The van der Waals surface area contributed by atoms with Crippen LogP contribution in [-0.2, 0) is 16.4 Å². The Balaban J connectivity index is 1.83. The van der Waals surface area contributed by atoms with Crippen LogP contribution in [0.3, 0.4) is 0 Å². The Labute approximate surface area is 153 Å². The highest BCUT2D eigenvalue weighted by atomic mass is 32.2. The van der Waals surface area contributed by atoms with Gasteiger partial charge in [-0.15, -0.1) is 0 Å². The molecule has 0 saturated heterocycles. The first-order valence-corrected chi connectivity index (χ1v) is 9.88. The first kappa shape index (κ1) is 18.4. The van der Waals surface area contributed by atoms with E-state index in [1.165, 1.54) is 23.5 Å². The zero-order valence-corrected chi connectivity index (χ0v) is 15.8. The monoisotopic (exact) mass is 374 g/mol. The molecule has 0 aromatic heterocycles. The number of sulfonamides is 1. The van der Waals surface area contributed by atoms with Gasteiger partial charge in [0.1, 0.15) is 5.75 Å². The third-order valence-corrected chi connectivity index (χ3v) is 6.48. The predicted molar refractivity (Wildman–Crippen MR) is 100 cm³/mol. The summed E-state index contributed by atoms with van der Waals surface area (Å²) in [5.74, 6) is 0.487. The van der Waals surface area contributed by atoms with Crippen LogP contribution in [0.25, 0.3) is 0 Å². The molecule has 0 radical (unpaired) electrons. The molecule has 1 aliphatic heterocycles. The SMILES string of the molecule is CC(C)N(C)S(=O)(=O)c1cccc(C(=O)Nc2ccc3c(c2)CCO3)c1. The molecule has 1 amide bonds. The van der Waals surface area contributed by atoms with Crippen molar-refractivity contribution >= 4 is 21.6 Å². The average Bonchev–Trinajstić information content (AvgIpc) is 3.08. The number of fused-ring (bicyclic) bond motifs is 1. The van der Waals surface area contributed by atoms with Gasteiger partial charge < -0.3 is 10.1 Å². The normalized spacial score (nSPS) is 13.6. The van der Waals surface area contributed by atoms with Crippen molar-refractivity contribution in [1.29, 1.82) is 0 Å². The van der Waals surface area contributed by atoms with Crippen molar-refractivity contribution in [2.24, 2.45) is 0 Å². The third-order valence-electron chi connectivity index (χ3n) is 4.45. The number of carbonyl (C=O) groups is 1. The summed E-state index contributed by atoms with van der Waals surface area (Å²) in [6.07, 6.45) is 0.814. The van der Waals surface area contributed by atoms with E-state index in [4.69, 9.17) is 4.74 Å². The summed E-state index contributed by atoms with van der Waals surface area (Å²) in [5, 5.41) is 2.82. The minimum atomic E-state index is -3.64. The second kappa shape index (κ2) is 7.09. The quantitative estimate of drug-likeness (QED) is 0.873. The molecule has 0 bridgehead atoms. The molecule has 7 heteroatoms. The maximum atomic E-state index is 12.6. The molecular formula is C19H22N2O4S. The topological polar surface area (TPSA) is 75.7 Å². The standard InChI is InChI=1S/C19H22N2O4S/c1-13(2)21(3)26(23,24)17-6-4-5-15(12-17)19(22)20-16-7-8-18-14(11-16)9-10-25-18/h4-8,11-13H,9-10H2,1-3H3,(H,20,22). The van der Waals surface area contributed by atoms with Gasteiger partial charge in [0.15, 0.2) is 0 Å². The molecule has 0 saturated carbocycles. The van der Waals surface area contributed by atoms with Gasteiger partial charge in [0.05, 0.1) is 11.5 Å². The Morgan fingerprint density at radius 3 is 2.69 bits per heavy atom. The highest BCUT2D eigenvalue weighted by Gasteiger charge is 2.24. The molecular weight excluding hydrogens is 352 g/mol. The summed E-state index contributed by atoms with van der Waals surface area (Å²) in [6, 6.07) is 11.4. The predicted octanol–water partition coefficient (Wildman–Crippen LogP) is 2.90. The lowest BCUT2D eigenvalue weighted by atomic mass is 10.1. The van der Waals surface area contributed by atoms with Crippen LogP contribution in [0.2, 0.25) is 0 Å². The molecule has 0 spiro atoms. The number of carbonyl (C=O) groups excluding carboxylic acids is 1. The molecule has 2 aromatic carbocycles. The fourth-order valence-corrected chi connectivity index (χ4v) is 4.12. The molecule has 0 atom stereocenters. The minimum absolute atomic E-state index is 0.101. The summed E-state index contributed by atoms with van der Waals surface area (Å²) in [6.45, 7) is 4.24. The lowest BCUT2D eigenvalue weighted by molar-refractivity contribution is 0.102. The number of hydrogen-bond donors (Lipinski definition) is 1. The number of nitrogens with one attached hydrogen (secondary N) is 1. The highest BCUT2D eigenvalue weighted by molar-refractivity contribution is 7.89. The van der Waals surface area contributed by atoms with Gasteiger partial charge in [0.2, 0.25) is 10.0 Å². The van der Waals surface area contributed by atoms with E-state index < -0.39 is 10.0 Å². The minimum Gasteiger partial charge on any atom is -0.493 e. The van der Waals surface area contributed by atoms with Crippen LogP contribution in [0.1, 0.15) is 29.8 Å². The zero-order chi connectivity index (χ0) is 18.9. The zero-order valence-electron chi connectivity index (χ0n) is 15.0. The van der Waals surface area contributed by atoms with Crippen LogP contribution in [0.5, 0.6) is 5.75 Å². The number of anilines is 1. The van der Waals surface area contributed by atoms with E-state index in [0.29, 0.717) is 17.9 Å². The Hall–Kier alpha value is -2.38. The molecule has 6 nitrogen and oxygen atoms in total. The van der Waals surface area contributed by atoms with Gasteiger partial charge in [0.25, 0.3) is 5.91 Å². The molecule has 26 heavy (non-hydrogen) atoms. The fraction of sp³-hybridized carbons (Fsp3) is 0.316. The van der Waals surface area contributed by atoms with Gasteiger partial charge >= 0.3 is 0 Å². The van der Waals surface area contributed by atoms with Crippen LogP contribution in [-0.4, -0.2) is 38.3 Å². The van der Waals surface area contributed by atoms with E-state index in [9.17, 15) is 13.2 Å². The van der Waals surface area contributed by atoms with Gasteiger partial charge in [0, 0.05) is 30.8 Å². The molecule has 0 unspecified atom stereocenters. The highest BCUT2D eigenvalue weighted by Crippen LogP contribution is 2.28. The van der Waals surface area contributed by atoms with Crippen molar-refractivity contribution in [3.8, 4) is 5.75 Å². The number of ether oxygens (including phenoxy) is 1. The first-order valence-electron chi connectivity index (χ1n) is 8.44. The maximum Gasteiger partial charge on any atom is 0.255 e. The Bertz CT molecular complexity index is 938. The van der Waals surface area contributed by atoms with Crippen molar-refractivity contribution in [2.75, 3.05) is 19.0 Å². The molecule has 3 rings (SSSR count). The summed E-state index contributed by atoms with van der Waals surface area (Å²) >= 11 is 0. The second-order valence-corrected chi connectivity index (χ2v) is 8.52. The summed E-state index contributed by atoms with van der Waals surface area (Å²) in [5.41, 5.74) is 2.00. The van der Waals surface area contributed by atoms with Crippen molar-refractivity contribution in [1.82, 2.24) is 4.31 Å². The Kier molecular flexibility index (Phi) is 5.02. The lowest BCUT2D eigenvalue weighted by Crippen LogP contribution is -2.33. The van der Waals surface area contributed by atoms with Gasteiger partial charge in [-0.3, -0.25) is 4.79 Å². The summed E-state index contributed by atoms with van der Waals surface area (Å²) < 4.78 is 32.0. The van der Waals surface area contributed by atoms with Crippen molar-refractivity contribution in [3.05, 3.63) is 53.6 Å². The summed E-state index contributed by atoms with van der Waals surface area (Å²) in [7, 11) is -2.11. The molecule has 0 fully saturated rings. The average molecular weight is 374 g/mol. The number of nitrogens with zero attached hydrogens (tertiary/aromatic N) is 1.